The zero-order valence-electron chi connectivity index (χ0n) is 17.0. The minimum absolute atomic E-state index is 0.0749. The fourth-order valence-electron chi connectivity index (χ4n) is 2.90. The van der Waals surface area contributed by atoms with E-state index in [-0.39, 0.29) is 30.9 Å². The molecule has 0 saturated heterocycles. The van der Waals surface area contributed by atoms with Crippen LogP contribution in [0.4, 0.5) is 5.69 Å². The molecule has 0 unspecified atom stereocenters. The van der Waals surface area contributed by atoms with E-state index in [1.54, 1.807) is 23.7 Å². The van der Waals surface area contributed by atoms with Crippen LogP contribution in [0, 0.1) is 0 Å². The Morgan fingerprint density at radius 3 is 2.32 bits per heavy atom. The van der Waals surface area contributed by atoms with Gasteiger partial charge in [0.2, 0.25) is 11.8 Å². The predicted molar refractivity (Wildman–Crippen MR) is 117 cm³/mol. The van der Waals surface area contributed by atoms with E-state index in [4.69, 9.17) is 0 Å². The van der Waals surface area contributed by atoms with E-state index in [0.29, 0.717) is 0 Å². The number of para-hydroxylation sites is 1. The van der Waals surface area contributed by atoms with Crippen LogP contribution in [0.15, 0.2) is 53.4 Å². The number of carbonyl (C=O) groups is 2. The lowest BCUT2D eigenvalue weighted by atomic mass is 10.1. The second-order valence-corrected chi connectivity index (χ2v) is 7.65. The summed E-state index contributed by atoms with van der Waals surface area (Å²) >= 11 is 1.58. The summed E-state index contributed by atoms with van der Waals surface area (Å²) in [6.45, 7) is 4.39. The van der Waals surface area contributed by atoms with Crippen LogP contribution in [0.3, 0.4) is 0 Å². The molecule has 150 valence electrons. The number of amides is 2. The van der Waals surface area contributed by atoms with Gasteiger partial charge in [-0.3, -0.25) is 14.5 Å². The van der Waals surface area contributed by atoms with Gasteiger partial charge in [-0.2, -0.15) is 0 Å². The molecule has 6 heteroatoms. The molecule has 0 aliphatic heterocycles. The maximum atomic E-state index is 12.3. The summed E-state index contributed by atoms with van der Waals surface area (Å²) < 4.78 is 0. The smallest absolute Gasteiger partial charge is 0.238 e. The molecule has 2 N–H and O–H groups in total. The van der Waals surface area contributed by atoms with E-state index in [0.717, 1.165) is 22.6 Å². The van der Waals surface area contributed by atoms with Crippen molar-refractivity contribution in [1.82, 2.24) is 10.2 Å². The van der Waals surface area contributed by atoms with Gasteiger partial charge < -0.3 is 10.6 Å². The van der Waals surface area contributed by atoms with Crippen LogP contribution in [0.5, 0.6) is 0 Å². The molecule has 0 heterocycles. The summed E-state index contributed by atoms with van der Waals surface area (Å²) in [5.74, 6) is -0.244. The number of hydrogen-bond donors (Lipinski definition) is 2. The first kappa shape index (κ1) is 22.0. The Balaban J connectivity index is 1.81. The number of aryl methyl sites for hydroxylation is 1. The number of rotatable bonds is 9. The van der Waals surface area contributed by atoms with Crippen LogP contribution in [-0.4, -0.2) is 43.1 Å². The highest BCUT2D eigenvalue weighted by molar-refractivity contribution is 7.98. The molecule has 0 radical (unpaired) electrons. The van der Waals surface area contributed by atoms with Crippen molar-refractivity contribution in [3.8, 4) is 0 Å². The first-order valence-corrected chi connectivity index (χ1v) is 10.6. The minimum atomic E-state index is -0.139. The molecule has 2 amide bonds. The van der Waals surface area contributed by atoms with Crippen molar-refractivity contribution in [2.24, 2.45) is 0 Å². The number of nitrogens with one attached hydrogen (secondary N) is 2. The second kappa shape index (κ2) is 10.9. The van der Waals surface area contributed by atoms with Crippen LogP contribution in [0.25, 0.3) is 0 Å². The van der Waals surface area contributed by atoms with Crippen molar-refractivity contribution in [3.05, 3.63) is 59.7 Å². The molecular formula is C22H29N3O2S. The summed E-state index contributed by atoms with van der Waals surface area (Å²) in [5.41, 5.74) is 3.14. The van der Waals surface area contributed by atoms with Gasteiger partial charge in [0.25, 0.3) is 0 Å². The molecule has 5 nitrogen and oxygen atoms in total. The summed E-state index contributed by atoms with van der Waals surface area (Å²) in [5, 5.41) is 5.90. The normalized spacial score (nSPS) is 11.9. The molecule has 0 bridgehead atoms. The number of thioether (sulfide) groups is 1. The summed E-state index contributed by atoms with van der Waals surface area (Å²) in [6.07, 6.45) is 2.97. The molecule has 0 aliphatic rings. The SMILES string of the molecule is CCc1ccc([C@H](C)NC(=O)CN(C)CC(=O)Nc2ccccc2SC)cc1. The van der Waals surface area contributed by atoms with Gasteiger partial charge in [0.15, 0.2) is 0 Å². The maximum absolute atomic E-state index is 12.3. The molecule has 1 atom stereocenters. The highest BCUT2D eigenvalue weighted by Crippen LogP contribution is 2.24. The molecule has 28 heavy (non-hydrogen) atoms. The lowest BCUT2D eigenvalue weighted by molar-refractivity contribution is -0.123. The maximum Gasteiger partial charge on any atom is 0.238 e. The Bertz CT molecular complexity index is 793. The van der Waals surface area contributed by atoms with Gasteiger partial charge in [-0.15, -0.1) is 11.8 Å². The van der Waals surface area contributed by atoms with E-state index in [2.05, 4.69) is 29.7 Å². The molecular weight excluding hydrogens is 370 g/mol. The predicted octanol–water partition coefficient (Wildman–Crippen LogP) is 3.72. The van der Waals surface area contributed by atoms with E-state index in [1.807, 2.05) is 49.6 Å². The van der Waals surface area contributed by atoms with Crippen LogP contribution in [0.1, 0.15) is 31.0 Å². The summed E-state index contributed by atoms with van der Waals surface area (Å²) in [7, 11) is 1.76. The zero-order chi connectivity index (χ0) is 20.5. The van der Waals surface area contributed by atoms with Gasteiger partial charge in [0.1, 0.15) is 0 Å². The third-order valence-corrected chi connectivity index (χ3v) is 5.27. The number of anilines is 1. The van der Waals surface area contributed by atoms with Gasteiger partial charge in [0.05, 0.1) is 24.8 Å². The Kier molecular flexibility index (Phi) is 8.54. The van der Waals surface area contributed by atoms with Crippen molar-refractivity contribution in [2.75, 3.05) is 31.7 Å². The quantitative estimate of drug-likeness (QED) is 0.631. The first-order valence-electron chi connectivity index (χ1n) is 9.42. The zero-order valence-corrected chi connectivity index (χ0v) is 17.8. The van der Waals surface area contributed by atoms with Crippen LogP contribution >= 0.6 is 11.8 Å². The fraction of sp³-hybridized carbons (Fsp3) is 0.364. The highest BCUT2D eigenvalue weighted by Gasteiger charge is 2.14. The minimum Gasteiger partial charge on any atom is -0.348 e. The monoisotopic (exact) mass is 399 g/mol. The van der Waals surface area contributed by atoms with E-state index < -0.39 is 0 Å². The van der Waals surface area contributed by atoms with Crippen LogP contribution < -0.4 is 10.6 Å². The van der Waals surface area contributed by atoms with E-state index >= 15 is 0 Å². The standard InChI is InChI=1S/C22H29N3O2S/c1-5-17-10-12-18(13-11-17)16(2)23-21(26)14-25(3)15-22(27)24-19-8-6-7-9-20(19)28-4/h6-13,16H,5,14-15H2,1-4H3,(H,23,26)(H,24,27)/t16-/m0/s1. The van der Waals surface area contributed by atoms with Crippen molar-refractivity contribution in [3.63, 3.8) is 0 Å². The molecule has 2 rings (SSSR count). The van der Waals surface area contributed by atoms with Crippen LogP contribution in [-0.2, 0) is 16.0 Å². The molecule has 0 fully saturated rings. The van der Waals surface area contributed by atoms with Gasteiger partial charge in [-0.05, 0) is 49.9 Å². The lowest BCUT2D eigenvalue weighted by Crippen LogP contribution is -2.39. The number of nitrogens with zero attached hydrogens (tertiary/aromatic N) is 1. The largest absolute Gasteiger partial charge is 0.348 e. The van der Waals surface area contributed by atoms with Gasteiger partial charge >= 0.3 is 0 Å². The molecule has 2 aromatic carbocycles. The molecule has 0 saturated carbocycles. The Labute approximate surface area is 171 Å². The number of carbonyl (C=O) groups excluding carboxylic acids is 2. The molecule has 0 aliphatic carbocycles. The summed E-state index contributed by atoms with van der Waals surface area (Å²) in [6, 6.07) is 15.9. The van der Waals surface area contributed by atoms with Crippen molar-refractivity contribution < 1.29 is 9.59 Å². The average molecular weight is 400 g/mol. The number of hydrogen-bond acceptors (Lipinski definition) is 4. The molecule has 2 aromatic rings. The Morgan fingerprint density at radius 1 is 1.04 bits per heavy atom. The van der Waals surface area contributed by atoms with Crippen molar-refractivity contribution in [1.29, 1.82) is 0 Å². The van der Waals surface area contributed by atoms with Crippen molar-refractivity contribution in [2.45, 2.75) is 31.2 Å². The average Bonchev–Trinajstić information content (AvgIpc) is 2.68. The van der Waals surface area contributed by atoms with Crippen molar-refractivity contribution >= 4 is 29.3 Å². The Morgan fingerprint density at radius 2 is 1.68 bits per heavy atom. The van der Waals surface area contributed by atoms with Gasteiger partial charge in [-0.25, -0.2) is 0 Å². The highest BCUT2D eigenvalue weighted by atomic mass is 32.2. The fourth-order valence-corrected chi connectivity index (χ4v) is 3.45. The number of likely N-dealkylation sites (N-methyl/N-ethyl adjacent to an activating group) is 1. The first-order chi connectivity index (χ1) is 13.4. The van der Waals surface area contributed by atoms with E-state index in [1.165, 1.54) is 5.56 Å². The Hall–Kier alpha value is -2.31. The second-order valence-electron chi connectivity index (χ2n) is 6.81. The van der Waals surface area contributed by atoms with Crippen LogP contribution in [0.2, 0.25) is 0 Å². The topological polar surface area (TPSA) is 61.4 Å². The summed E-state index contributed by atoms with van der Waals surface area (Å²) in [4.78, 5) is 27.3. The van der Waals surface area contributed by atoms with E-state index in [9.17, 15) is 9.59 Å². The number of benzene rings is 2. The van der Waals surface area contributed by atoms with Gasteiger partial charge in [-0.1, -0.05) is 43.3 Å². The molecule has 0 spiro atoms. The third-order valence-electron chi connectivity index (χ3n) is 4.47. The van der Waals surface area contributed by atoms with Gasteiger partial charge in [0, 0.05) is 4.90 Å². The lowest BCUT2D eigenvalue weighted by Gasteiger charge is -2.19. The third kappa shape index (κ3) is 6.69. The molecule has 0 aromatic heterocycles.